The molecule has 1 amide bonds. The monoisotopic (exact) mass is 385 g/mol. The molecule has 0 saturated heterocycles. The molecule has 0 aliphatic heterocycles. The van der Waals surface area contributed by atoms with Gasteiger partial charge in [-0.25, -0.2) is 0 Å². The molecule has 0 radical (unpaired) electrons. The van der Waals surface area contributed by atoms with Crippen LogP contribution in [-0.4, -0.2) is 17.4 Å². The van der Waals surface area contributed by atoms with Crippen molar-refractivity contribution in [1.82, 2.24) is 0 Å². The van der Waals surface area contributed by atoms with Gasteiger partial charge in [-0.2, -0.15) is 0 Å². The predicted molar refractivity (Wildman–Crippen MR) is 104 cm³/mol. The van der Waals surface area contributed by atoms with Crippen LogP contribution in [0.5, 0.6) is 0 Å². The Labute approximate surface area is 155 Å². The zero-order chi connectivity index (χ0) is 16.7. The zero-order valence-electron chi connectivity index (χ0n) is 12.6. The highest BCUT2D eigenvalue weighted by Crippen LogP contribution is 2.29. The Morgan fingerprint density at radius 1 is 1.09 bits per heavy atom. The lowest BCUT2D eigenvalue weighted by atomic mass is 10.2. The summed E-state index contributed by atoms with van der Waals surface area (Å²) in [5.74, 6) is 1.90. The molecule has 122 valence electrons. The molecular formula is C17H17Cl2NOS2. The van der Waals surface area contributed by atoms with E-state index in [1.807, 2.05) is 42.5 Å². The van der Waals surface area contributed by atoms with Crippen molar-refractivity contribution in [2.75, 3.05) is 16.8 Å². The van der Waals surface area contributed by atoms with Crippen LogP contribution in [0.15, 0.2) is 47.4 Å². The third kappa shape index (κ3) is 5.64. The molecule has 0 saturated carbocycles. The second-order valence-corrected chi connectivity index (χ2v) is 7.78. The summed E-state index contributed by atoms with van der Waals surface area (Å²) in [4.78, 5) is 13.2. The van der Waals surface area contributed by atoms with Gasteiger partial charge >= 0.3 is 0 Å². The number of nitrogens with one attached hydrogen (secondary N) is 1. The van der Waals surface area contributed by atoms with Crippen molar-refractivity contribution in [2.45, 2.75) is 17.6 Å². The van der Waals surface area contributed by atoms with E-state index in [1.165, 1.54) is 11.8 Å². The maximum absolute atomic E-state index is 12.1. The second kappa shape index (κ2) is 9.48. The van der Waals surface area contributed by atoms with Gasteiger partial charge in [0.2, 0.25) is 5.91 Å². The van der Waals surface area contributed by atoms with Crippen LogP contribution in [0.4, 0.5) is 5.69 Å². The van der Waals surface area contributed by atoms with Crippen LogP contribution >= 0.6 is 46.7 Å². The first-order valence-electron chi connectivity index (χ1n) is 7.14. The molecule has 0 fully saturated rings. The minimum Gasteiger partial charge on any atom is -0.324 e. The summed E-state index contributed by atoms with van der Waals surface area (Å²) in [7, 11) is 0. The van der Waals surface area contributed by atoms with Gasteiger partial charge in [-0.15, -0.1) is 23.5 Å². The van der Waals surface area contributed by atoms with Gasteiger partial charge in [-0.1, -0.05) is 48.3 Å². The molecule has 0 aromatic heterocycles. The lowest BCUT2D eigenvalue weighted by Gasteiger charge is -2.10. The molecule has 23 heavy (non-hydrogen) atoms. The number of thioether (sulfide) groups is 2. The highest BCUT2D eigenvalue weighted by molar-refractivity contribution is 7.99. The van der Waals surface area contributed by atoms with Crippen LogP contribution in [0.1, 0.15) is 12.5 Å². The van der Waals surface area contributed by atoms with E-state index in [-0.39, 0.29) is 5.91 Å². The number of hydrogen-bond donors (Lipinski definition) is 1. The summed E-state index contributed by atoms with van der Waals surface area (Å²) in [6, 6.07) is 13.3. The number of para-hydroxylation sites is 1. The third-order valence-corrected chi connectivity index (χ3v) is 5.63. The Morgan fingerprint density at radius 2 is 1.78 bits per heavy atom. The van der Waals surface area contributed by atoms with E-state index in [0.717, 1.165) is 21.9 Å². The summed E-state index contributed by atoms with van der Waals surface area (Å²) in [6.07, 6.45) is 0. The number of amides is 1. The first kappa shape index (κ1) is 18.5. The molecule has 2 nitrogen and oxygen atoms in total. The summed E-state index contributed by atoms with van der Waals surface area (Å²) in [5.41, 5.74) is 1.73. The van der Waals surface area contributed by atoms with E-state index in [4.69, 9.17) is 23.2 Å². The third-order valence-electron chi connectivity index (χ3n) is 3.00. The molecule has 0 aliphatic carbocycles. The molecule has 0 aliphatic rings. The average Bonchev–Trinajstić information content (AvgIpc) is 2.52. The number of anilines is 1. The summed E-state index contributed by atoms with van der Waals surface area (Å²) < 4.78 is 0. The van der Waals surface area contributed by atoms with E-state index in [1.54, 1.807) is 11.8 Å². The molecule has 0 heterocycles. The van der Waals surface area contributed by atoms with Crippen LogP contribution in [-0.2, 0) is 10.5 Å². The fraction of sp³-hybridized carbons (Fsp3) is 0.235. The van der Waals surface area contributed by atoms with Crippen LogP contribution in [0.25, 0.3) is 0 Å². The standard InChI is InChI=1S/C17H17Cl2NOS2/c1-2-23-16-9-4-3-8-15(16)20-17(21)11-22-10-12-13(18)6-5-7-14(12)19/h3-9H,2,10-11H2,1H3,(H,20,21). The maximum atomic E-state index is 12.1. The zero-order valence-corrected chi connectivity index (χ0v) is 15.8. The van der Waals surface area contributed by atoms with E-state index in [2.05, 4.69) is 12.2 Å². The van der Waals surface area contributed by atoms with Crippen molar-refractivity contribution in [3.8, 4) is 0 Å². The SMILES string of the molecule is CCSc1ccccc1NC(=O)CSCc1c(Cl)cccc1Cl. The molecule has 2 rings (SSSR count). The van der Waals surface area contributed by atoms with Crippen LogP contribution in [0, 0.1) is 0 Å². The lowest BCUT2D eigenvalue weighted by Crippen LogP contribution is -2.14. The molecule has 0 bridgehead atoms. The predicted octanol–water partition coefficient (Wildman–Crippen LogP) is 5.98. The molecule has 2 aromatic carbocycles. The first-order valence-corrected chi connectivity index (χ1v) is 10.0. The maximum Gasteiger partial charge on any atom is 0.234 e. The lowest BCUT2D eigenvalue weighted by molar-refractivity contribution is -0.113. The summed E-state index contributed by atoms with van der Waals surface area (Å²) >= 11 is 15.5. The van der Waals surface area contributed by atoms with Gasteiger partial charge in [0.1, 0.15) is 0 Å². The van der Waals surface area contributed by atoms with Gasteiger partial charge in [-0.05, 0) is 35.6 Å². The van der Waals surface area contributed by atoms with Gasteiger partial charge in [0.25, 0.3) is 0 Å². The van der Waals surface area contributed by atoms with E-state index in [9.17, 15) is 4.79 Å². The number of hydrogen-bond acceptors (Lipinski definition) is 3. The fourth-order valence-electron chi connectivity index (χ4n) is 1.95. The van der Waals surface area contributed by atoms with Gasteiger partial charge < -0.3 is 5.32 Å². The number of rotatable bonds is 7. The van der Waals surface area contributed by atoms with Crippen molar-refractivity contribution in [3.63, 3.8) is 0 Å². The first-order chi connectivity index (χ1) is 11.1. The number of halogens is 2. The minimum atomic E-state index is -0.0256. The minimum absolute atomic E-state index is 0.0256. The number of carbonyl (C=O) groups is 1. The van der Waals surface area contributed by atoms with Crippen molar-refractivity contribution < 1.29 is 4.79 Å². The topological polar surface area (TPSA) is 29.1 Å². The molecule has 6 heteroatoms. The molecule has 0 atom stereocenters. The Balaban J connectivity index is 1.89. The normalized spacial score (nSPS) is 10.6. The summed E-state index contributed by atoms with van der Waals surface area (Å²) in [6.45, 7) is 2.09. The molecule has 0 spiro atoms. The summed E-state index contributed by atoms with van der Waals surface area (Å²) in [5, 5.41) is 4.23. The van der Waals surface area contributed by atoms with Crippen LogP contribution < -0.4 is 5.32 Å². The van der Waals surface area contributed by atoms with Crippen molar-refractivity contribution in [2.24, 2.45) is 0 Å². The smallest absolute Gasteiger partial charge is 0.234 e. The van der Waals surface area contributed by atoms with Crippen LogP contribution in [0.3, 0.4) is 0 Å². The average molecular weight is 386 g/mol. The van der Waals surface area contributed by atoms with E-state index >= 15 is 0 Å². The largest absolute Gasteiger partial charge is 0.324 e. The number of benzene rings is 2. The van der Waals surface area contributed by atoms with Crippen molar-refractivity contribution >= 4 is 58.3 Å². The Morgan fingerprint density at radius 3 is 2.48 bits per heavy atom. The molecule has 0 unspecified atom stereocenters. The second-order valence-electron chi connectivity index (χ2n) is 4.67. The van der Waals surface area contributed by atoms with E-state index in [0.29, 0.717) is 21.6 Å². The Bertz CT molecular complexity index is 659. The Hall–Kier alpha value is -0.810. The Kier molecular flexibility index (Phi) is 7.63. The van der Waals surface area contributed by atoms with Gasteiger partial charge in [-0.3, -0.25) is 4.79 Å². The molecule has 1 N–H and O–H groups in total. The molecule has 2 aromatic rings. The molecular weight excluding hydrogens is 369 g/mol. The quantitative estimate of drug-likeness (QED) is 0.594. The van der Waals surface area contributed by atoms with Crippen molar-refractivity contribution in [3.05, 3.63) is 58.1 Å². The fourth-order valence-corrected chi connectivity index (χ4v) is 4.28. The highest BCUT2D eigenvalue weighted by atomic mass is 35.5. The number of carbonyl (C=O) groups excluding carboxylic acids is 1. The van der Waals surface area contributed by atoms with Crippen LogP contribution in [0.2, 0.25) is 10.0 Å². The van der Waals surface area contributed by atoms with Gasteiger partial charge in [0.05, 0.1) is 11.4 Å². The highest BCUT2D eigenvalue weighted by Gasteiger charge is 2.09. The van der Waals surface area contributed by atoms with Gasteiger partial charge in [0.15, 0.2) is 0 Å². The van der Waals surface area contributed by atoms with Crippen molar-refractivity contribution in [1.29, 1.82) is 0 Å². The van der Waals surface area contributed by atoms with E-state index < -0.39 is 0 Å². The van der Waals surface area contributed by atoms with Gasteiger partial charge in [0, 0.05) is 20.7 Å².